The Balaban J connectivity index is 1.97. The summed E-state index contributed by atoms with van der Waals surface area (Å²) in [6, 6.07) is 6.44. The Labute approximate surface area is 146 Å². The van der Waals surface area contributed by atoms with Gasteiger partial charge < -0.3 is 4.90 Å². The number of sulfonamides is 1. The molecule has 1 fully saturated rings. The summed E-state index contributed by atoms with van der Waals surface area (Å²) in [5.74, 6) is -0.0116. The van der Waals surface area contributed by atoms with E-state index < -0.39 is 10.0 Å². The fraction of sp³-hybridized carbons (Fsp3) is 0.467. The van der Waals surface area contributed by atoms with Crippen LogP contribution in [0.2, 0.25) is 0 Å². The number of thioether (sulfide) groups is 1. The molecule has 23 heavy (non-hydrogen) atoms. The first-order valence-corrected chi connectivity index (χ1v) is 10.5. The van der Waals surface area contributed by atoms with Crippen LogP contribution < -0.4 is 4.72 Å². The van der Waals surface area contributed by atoms with E-state index in [0.29, 0.717) is 11.3 Å². The van der Waals surface area contributed by atoms with Crippen LogP contribution in [0.15, 0.2) is 24.3 Å². The maximum absolute atomic E-state index is 12.5. The molecule has 1 atom stereocenters. The number of hydrogen-bond acceptors (Lipinski definition) is 5. The topological polar surface area (TPSA) is 66.5 Å². The first-order chi connectivity index (χ1) is 10.8. The van der Waals surface area contributed by atoms with Gasteiger partial charge in [-0.05, 0) is 44.0 Å². The number of nitrogens with one attached hydrogen (secondary N) is 1. The highest BCUT2D eigenvalue weighted by atomic mass is 32.2. The highest BCUT2D eigenvalue weighted by Gasteiger charge is 2.22. The second-order valence-electron chi connectivity index (χ2n) is 5.54. The molecule has 1 aliphatic heterocycles. The number of Topliss-reactive ketones (excluding diaryl/α,β-unsaturated/α-hetero) is 1. The van der Waals surface area contributed by atoms with Crippen LogP contribution in [0.3, 0.4) is 0 Å². The van der Waals surface area contributed by atoms with E-state index >= 15 is 0 Å². The molecule has 126 valence electrons. The van der Waals surface area contributed by atoms with Crippen LogP contribution in [-0.2, 0) is 10.0 Å². The van der Waals surface area contributed by atoms with Crippen molar-refractivity contribution in [2.45, 2.75) is 25.0 Å². The summed E-state index contributed by atoms with van der Waals surface area (Å²) in [6.07, 6.45) is 3.39. The Morgan fingerprint density at radius 1 is 1.26 bits per heavy atom. The van der Waals surface area contributed by atoms with Gasteiger partial charge in [0.25, 0.3) is 0 Å². The zero-order valence-corrected chi connectivity index (χ0v) is 15.6. The molecule has 0 bridgehead atoms. The standard InChI is InChI=1S/C15H20N2O3S3/c1-11(22-15(21)17-9-3-4-10-17)14(18)12-5-7-13(8-6-12)16-23(2,19)20/h5-8,11,16H,3-4,9-10H2,1-2H3/t11-/m0/s1. The van der Waals surface area contributed by atoms with Gasteiger partial charge in [-0.25, -0.2) is 8.42 Å². The van der Waals surface area contributed by atoms with E-state index in [1.807, 2.05) is 6.92 Å². The van der Waals surface area contributed by atoms with Crippen molar-refractivity contribution in [3.63, 3.8) is 0 Å². The van der Waals surface area contributed by atoms with Gasteiger partial charge in [0, 0.05) is 24.3 Å². The second-order valence-corrected chi connectivity index (χ2v) is 9.26. The summed E-state index contributed by atoms with van der Waals surface area (Å²) >= 11 is 6.81. The van der Waals surface area contributed by atoms with Crippen molar-refractivity contribution in [1.29, 1.82) is 0 Å². The monoisotopic (exact) mass is 372 g/mol. The number of benzene rings is 1. The van der Waals surface area contributed by atoms with Crippen molar-refractivity contribution in [3.05, 3.63) is 29.8 Å². The van der Waals surface area contributed by atoms with Gasteiger partial charge in [0.05, 0.1) is 11.5 Å². The van der Waals surface area contributed by atoms with Gasteiger partial charge in [-0.1, -0.05) is 24.0 Å². The van der Waals surface area contributed by atoms with E-state index in [4.69, 9.17) is 12.2 Å². The molecule has 1 saturated heterocycles. The summed E-state index contributed by atoms with van der Waals surface area (Å²) in [4.78, 5) is 14.6. The molecule has 8 heteroatoms. The molecule has 2 rings (SSSR count). The zero-order chi connectivity index (χ0) is 17.0. The number of anilines is 1. The number of likely N-dealkylation sites (tertiary alicyclic amines) is 1. The molecule has 1 aromatic rings. The van der Waals surface area contributed by atoms with Crippen LogP contribution in [0, 0.1) is 0 Å². The third-order valence-electron chi connectivity index (χ3n) is 3.48. The van der Waals surface area contributed by atoms with E-state index in [0.717, 1.165) is 36.5 Å². The van der Waals surface area contributed by atoms with Crippen molar-refractivity contribution >= 4 is 49.8 Å². The second kappa shape index (κ2) is 7.63. The Hall–Kier alpha value is -1.12. The number of hydrogen-bond donors (Lipinski definition) is 1. The van der Waals surface area contributed by atoms with Gasteiger partial charge in [0.2, 0.25) is 10.0 Å². The molecular formula is C15H20N2O3S3. The predicted molar refractivity (Wildman–Crippen MR) is 99.7 cm³/mol. The Morgan fingerprint density at radius 2 is 1.83 bits per heavy atom. The van der Waals surface area contributed by atoms with E-state index in [9.17, 15) is 13.2 Å². The van der Waals surface area contributed by atoms with Crippen molar-refractivity contribution in [3.8, 4) is 0 Å². The maximum Gasteiger partial charge on any atom is 0.229 e. The lowest BCUT2D eigenvalue weighted by molar-refractivity contribution is 0.0994. The molecule has 1 N–H and O–H groups in total. The number of thiocarbonyl (C=S) groups is 1. The zero-order valence-electron chi connectivity index (χ0n) is 13.1. The fourth-order valence-electron chi connectivity index (χ4n) is 2.33. The molecule has 0 radical (unpaired) electrons. The first kappa shape index (κ1) is 18.2. The molecule has 0 unspecified atom stereocenters. The Morgan fingerprint density at radius 3 is 2.35 bits per heavy atom. The lowest BCUT2D eigenvalue weighted by atomic mass is 10.1. The molecule has 0 aromatic heterocycles. The number of carbonyl (C=O) groups is 1. The molecule has 0 aliphatic carbocycles. The molecule has 0 spiro atoms. The highest BCUT2D eigenvalue weighted by Crippen LogP contribution is 2.23. The number of rotatable bonds is 5. The molecule has 1 aromatic carbocycles. The van der Waals surface area contributed by atoms with Gasteiger partial charge in [-0.15, -0.1) is 0 Å². The minimum absolute atomic E-state index is 0.0116. The van der Waals surface area contributed by atoms with E-state index in [1.54, 1.807) is 24.3 Å². The average molecular weight is 373 g/mol. The van der Waals surface area contributed by atoms with Crippen LogP contribution in [0.1, 0.15) is 30.1 Å². The number of nitrogens with zero attached hydrogens (tertiary/aromatic N) is 1. The molecule has 5 nitrogen and oxygen atoms in total. The first-order valence-electron chi connectivity index (χ1n) is 7.34. The van der Waals surface area contributed by atoms with Crippen molar-refractivity contribution in [1.82, 2.24) is 4.90 Å². The van der Waals surface area contributed by atoms with Gasteiger partial charge in [0.1, 0.15) is 4.32 Å². The minimum Gasteiger partial charge on any atom is -0.358 e. The minimum atomic E-state index is -3.31. The van der Waals surface area contributed by atoms with Gasteiger partial charge in [-0.2, -0.15) is 0 Å². The summed E-state index contributed by atoms with van der Waals surface area (Å²) in [5.41, 5.74) is 0.991. The summed E-state index contributed by atoms with van der Waals surface area (Å²) in [6.45, 7) is 3.79. The smallest absolute Gasteiger partial charge is 0.229 e. The molecular weight excluding hydrogens is 352 g/mol. The fourth-order valence-corrected chi connectivity index (χ4v) is 4.39. The average Bonchev–Trinajstić information content (AvgIpc) is 3.00. The molecule has 1 heterocycles. The molecule has 0 saturated carbocycles. The lowest BCUT2D eigenvalue weighted by Crippen LogP contribution is -2.27. The van der Waals surface area contributed by atoms with Crippen LogP contribution >= 0.6 is 24.0 Å². The van der Waals surface area contributed by atoms with E-state index in [1.165, 1.54) is 11.8 Å². The van der Waals surface area contributed by atoms with E-state index in [2.05, 4.69) is 9.62 Å². The summed E-state index contributed by atoms with van der Waals surface area (Å²) in [5, 5.41) is -0.267. The van der Waals surface area contributed by atoms with Gasteiger partial charge >= 0.3 is 0 Å². The summed E-state index contributed by atoms with van der Waals surface area (Å²) in [7, 11) is -3.31. The number of ketones is 1. The number of carbonyl (C=O) groups excluding carboxylic acids is 1. The quantitative estimate of drug-likeness (QED) is 0.633. The van der Waals surface area contributed by atoms with Crippen LogP contribution in [0.25, 0.3) is 0 Å². The van der Waals surface area contributed by atoms with E-state index in [-0.39, 0.29) is 11.0 Å². The third kappa shape index (κ3) is 5.47. The van der Waals surface area contributed by atoms with Crippen LogP contribution in [0.4, 0.5) is 5.69 Å². The summed E-state index contributed by atoms with van der Waals surface area (Å²) < 4.78 is 25.5. The SMILES string of the molecule is C[C@H](SC(=S)N1CCCC1)C(=O)c1ccc(NS(C)(=O)=O)cc1. The predicted octanol–water partition coefficient (Wildman–Crippen LogP) is 2.74. The Kier molecular flexibility index (Phi) is 6.05. The van der Waals surface area contributed by atoms with Crippen LogP contribution in [0.5, 0.6) is 0 Å². The Bertz CT molecular complexity index is 680. The molecule has 0 amide bonds. The lowest BCUT2D eigenvalue weighted by Gasteiger charge is -2.20. The van der Waals surface area contributed by atoms with Crippen molar-refractivity contribution in [2.24, 2.45) is 0 Å². The largest absolute Gasteiger partial charge is 0.358 e. The van der Waals surface area contributed by atoms with Gasteiger partial charge in [-0.3, -0.25) is 9.52 Å². The maximum atomic E-state index is 12.5. The normalized spacial score (nSPS) is 16.2. The highest BCUT2D eigenvalue weighted by molar-refractivity contribution is 8.23. The van der Waals surface area contributed by atoms with Crippen molar-refractivity contribution in [2.75, 3.05) is 24.1 Å². The third-order valence-corrected chi connectivity index (χ3v) is 5.66. The van der Waals surface area contributed by atoms with Crippen molar-refractivity contribution < 1.29 is 13.2 Å². The van der Waals surface area contributed by atoms with Crippen LogP contribution in [-0.4, -0.2) is 48.0 Å². The van der Waals surface area contributed by atoms with Gasteiger partial charge in [0.15, 0.2) is 5.78 Å². The molecule has 1 aliphatic rings.